The number of piperazine rings is 1. The molecule has 4 nitrogen and oxygen atoms in total. The summed E-state index contributed by atoms with van der Waals surface area (Å²) in [4.78, 5) is 6.81. The van der Waals surface area contributed by atoms with E-state index < -0.39 is 6.10 Å². The van der Waals surface area contributed by atoms with Crippen LogP contribution in [0.5, 0.6) is 0 Å². The smallest absolute Gasteiger partial charge is 0.131 e. The Morgan fingerprint density at radius 1 is 1.47 bits per heavy atom. The van der Waals surface area contributed by atoms with E-state index in [0.29, 0.717) is 0 Å². The van der Waals surface area contributed by atoms with Crippen molar-refractivity contribution in [3.63, 3.8) is 0 Å². The summed E-state index contributed by atoms with van der Waals surface area (Å²) >= 11 is 0. The Morgan fingerprint density at radius 2 is 2.18 bits per heavy atom. The maximum atomic E-state index is 9.79. The van der Waals surface area contributed by atoms with Gasteiger partial charge in [0.25, 0.3) is 0 Å². The lowest BCUT2D eigenvalue weighted by molar-refractivity contribution is 0.173. The van der Waals surface area contributed by atoms with Gasteiger partial charge in [-0.25, -0.2) is 4.98 Å². The van der Waals surface area contributed by atoms with Gasteiger partial charge in [0.2, 0.25) is 0 Å². The summed E-state index contributed by atoms with van der Waals surface area (Å²) in [6, 6.07) is 2.05. The third-order valence-corrected chi connectivity index (χ3v) is 3.26. The number of aliphatic hydroxyl groups excluding tert-OH is 1. The number of pyridine rings is 1. The van der Waals surface area contributed by atoms with Gasteiger partial charge in [-0.2, -0.15) is 0 Å². The van der Waals surface area contributed by atoms with Crippen molar-refractivity contribution in [1.82, 2.24) is 10.3 Å². The highest BCUT2D eigenvalue weighted by atomic mass is 16.3. The van der Waals surface area contributed by atoms with Crippen molar-refractivity contribution >= 4 is 5.82 Å². The molecule has 0 spiro atoms. The maximum Gasteiger partial charge on any atom is 0.131 e. The average Bonchev–Trinajstić information content (AvgIpc) is 2.38. The van der Waals surface area contributed by atoms with E-state index in [-0.39, 0.29) is 0 Å². The first-order valence-electron chi connectivity index (χ1n) is 6.32. The van der Waals surface area contributed by atoms with Gasteiger partial charge in [0.1, 0.15) is 5.82 Å². The molecule has 1 atom stereocenters. The molecule has 0 radical (unpaired) electrons. The molecule has 2 rings (SSSR count). The molecule has 1 aromatic heterocycles. The van der Waals surface area contributed by atoms with Crippen LogP contribution in [0, 0.1) is 6.92 Å². The number of rotatable bonds is 3. The highest BCUT2D eigenvalue weighted by Crippen LogP contribution is 2.22. The molecule has 0 amide bonds. The predicted octanol–water partition coefficient (Wildman–Crippen LogP) is 1.24. The predicted molar refractivity (Wildman–Crippen MR) is 69.3 cm³/mol. The van der Waals surface area contributed by atoms with E-state index in [4.69, 9.17) is 0 Å². The maximum absolute atomic E-state index is 9.79. The van der Waals surface area contributed by atoms with E-state index >= 15 is 0 Å². The topological polar surface area (TPSA) is 48.4 Å². The molecule has 17 heavy (non-hydrogen) atoms. The number of hydrogen-bond acceptors (Lipinski definition) is 4. The minimum atomic E-state index is -0.390. The lowest BCUT2D eigenvalue weighted by atomic mass is 10.1. The zero-order valence-corrected chi connectivity index (χ0v) is 10.6. The molecule has 4 heteroatoms. The second-order valence-corrected chi connectivity index (χ2v) is 4.57. The van der Waals surface area contributed by atoms with E-state index in [2.05, 4.69) is 28.2 Å². The molecule has 1 unspecified atom stereocenters. The van der Waals surface area contributed by atoms with Crippen molar-refractivity contribution in [2.45, 2.75) is 26.4 Å². The van der Waals surface area contributed by atoms with Crippen LogP contribution in [0.4, 0.5) is 5.82 Å². The zero-order chi connectivity index (χ0) is 12.3. The quantitative estimate of drug-likeness (QED) is 0.827. The molecule has 1 aliphatic heterocycles. The summed E-state index contributed by atoms with van der Waals surface area (Å²) in [5.74, 6) is 1.05. The molecule has 0 aliphatic carbocycles. The van der Waals surface area contributed by atoms with Crippen molar-refractivity contribution in [1.29, 1.82) is 0 Å². The van der Waals surface area contributed by atoms with Gasteiger partial charge >= 0.3 is 0 Å². The molecule has 1 aliphatic rings. The van der Waals surface area contributed by atoms with E-state index in [1.807, 2.05) is 6.92 Å². The summed E-state index contributed by atoms with van der Waals surface area (Å²) in [6.45, 7) is 8.08. The third-order valence-electron chi connectivity index (χ3n) is 3.26. The van der Waals surface area contributed by atoms with Crippen LogP contribution in [0.15, 0.2) is 12.3 Å². The van der Waals surface area contributed by atoms with E-state index in [1.54, 1.807) is 6.20 Å². The fourth-order valence-electron chi connectivity index (χ4n) is 2.21. The van der Waals surface area contributed by atoms with Crippen LogP contribution in [-0.4, -0.2) is 36.3 Å². The molecule has 2 heterocycles. The van der Waals surface area contributed by atoms with Crippen LogP contribution in [0.25, 0.3) is 0 Å². The van der Waals surface area contributed by atoms with Crippen molar-refractivity contribution in [2.75, 3.05) is 31.1 Å². The van der Waals surface area contributed by atoms with Crippen molar-refractivity contribution < 1.29 is 5.11 Å². The van der Waals surface area contributed by atoms with Crippen molar-refractivity contribution in [3.05, 3.63) is 23.4 Å². The zero-order valence-electron chi connectivity index (χ0n) is 10.6. The summed E-state index contributed by atoms with van der Waals surface area (Å²) in [6.07, 6.45) is 2.14. The molecule has 94 valence electrons. The Bertz CT molecular complexity index is 375. The molecule has 0 saturated carbocycles. The Balaban J connectivity index is 2.18. The number of aliphatic hydroxyl groups is 1. The van der Waals surface area contributed by atoms with Crippen LogP contribution in [-0.2, 0) is 0 Å². The summed E-state index contributed by atoms with van der Waals surface area (Å²) in [7, 11) is 0. The fourth-order valence-corrected chi connectivity index (χ4v) is 2.21. The Labute approximate surface area is 103 Å². The highest BCUT2D eigenvalue weighted by molar-refractivity contribution is 5.48. The largest absolute Gasteiger partial charge is 0.388 e. The van der Waals surface area contributed by atoms with Crippen LogP contribution in [0.1, 0.15) is 30.6 Å². The molecule has 0 aromatic carbocycles. The first kappa shape index (κ1) is 12.3. The lowest BCUT2D eigenvalue weighted by Crippen LogP contribution is -2.44. The van der Waals surface area contributed by atoms with Gasteiger partial charge in [-0.15, -0.1) is 0 Å². The van der Waals surface area contributed by atoms with Crippen molar-refractivity contribution in [2.24, 2.45) is 0 Å². The summed E-state index contributed by atoms with van der Waals surface area (Å²) in [5, 5.41) is 13.1. The molecular formula is C13H21N3O. The number of aromatic nitrogens is 1. The number of nitrogens with zero attached hydrogens (tertiary/aromatic N) is 2. The normalized spacial score (nSPS) is 18.2. The van der Waals surface area contributed by atoms with E-state index in [1.165, 1.54) is 0 Å². The molecule has 1 saturated heterocycles. The Hall–Kier alpha value is -1.13. The molecule has 1 fully saturated rings. The minimum Gasteiger partial charge on any atom is -0.388 e. The lowest BCUT2D eigenvalue weighted by Gasteiger charge is -2.29. The standard InChI is InChI=1S/C13H21N3O/c1-3-12(17)11-8-10(2)13(15-9-11)16-6-4-14-5-7-16/h8-9,12,14,17H,3-7H2,1-2H3. The van der Waals surface area contributed by atoms with E-state index in [9.17, 15) is 5.11 Å². The Morgan fingerprint density at radius 3 is 2.76 bits per heavy atom. The second kappa shape index (κ2) is 5.47. The molecule has 2 N–H and O–H groups in total. The van der Waals surface area contributed by atoms with Gasteiger partial charge in [0, 0.05) is 32.4 Å². The fraction of sp³-hybridized carbons (Fsp3) is 0.615. The van der Waals surface area contributed by atoms with Crippen LogP contribution in [0.2, 0.25) is 0 Å². The van der Waals surface area contributed by atoms with Crippen LogP contribution >= 0.6 is 0 Å². The van der Waals surface area contributed by atoms with E-state index in [0.717, 1.165) is 49.5 Å². The minimum absolute atomic E-state index is 0.390. The van der Waals surface area contributed by atoms with Gasteiger partial charge < -0.3 is 15.3 Å². The van der Waals surface area contributed by atoms with Gasteiger partial charge in [-0.05, 0) is 30.5 Å². The molecule has 1 aromatic rings. The SMILES string of the molecule is CCC(O)c1cnc(N2CCNCC2)c(C)c1. The van der Waals surface area contributed by atoms with Crippen LogP contribution < -0.4 is 10.2 Å². The molecule has 0 bridgehead atoms. The Kier molecular flexibility index (Phi) is 3.97. The number of nitrogens with one attached hydrogen (secondary N) is 1. The summed E-state index contributed by atoms with van der Waals surface area (Å²) in [5.41, 5.74) is 2.07. The summed E-state index contributed by atoms with van der Waals surface area (Å²) < 4.78 is 0. The number of anilines is 1. The number of aryl methyl sites for hydroxylation is 1. The average molecular weight is 235 g/mol. The van der Waals surface area contributed by atoms with Crippen LogP contribution in [0.3, 0.4) is 0 Å². The molecular weight excluding hydrogens is 214 g/mol. The highest BCUT2D eigenvalue weighted by Gasteiger charge is 2.15. The van der Waals surface area contributed by atoms with Gasteiger partial charge in [0.15, 0.2) is 0 Å². The first-order valence-corrected chi connectivity index (χ1v) is 6.32. The monoisotopic (exact) mass is 235 g/mol. The van der Waals surface area contributed by atoms with Gasteiger partial charge in [-0.1, -0.05) is 6.92 Å². The van der Waals surface area contributed by atoms with Crippen molar-refractivity contribution in [3.8, 4) is 0 Å². The first-order chi connectivity index (χ1) is 8.22. The number of hydrogen-bond donors (Lipinski definition) is 2. The third kappa shape index (κ3) is 2.76. The second-order valence-electron chi connectivity index (χ2n) is 4.57. The van der Waals surface area contributed by atoms with Gasteiger partial charge in [0.05, 0.1) is 6.10 Å². The van der Waals surface area contributed by atoms with Gasteiger partial charge in [-0.3, -0.25) is 0 Å².